The van der Waals surface area contributed by atoms with Gasteiger partial charge in [-0.1, -0.05) is 13.0 Å². The van der Waals surface area contributed by atoms with Crippen LogP contribution in [0.4, 0.5) is 0 Å². The van der Waals surface area contributed by atoms with Gasteiger partial charge >= 0.3 is 0 Å². The van der Waals surface area contributed by atoms with E-state index in [2.05, 4.69) is 29.5 Å². The molecule has 94 valence electrons. The quantitative estimate of drug-likeness (QED) is 0.833. The summed E-state index contributed by atoms with van der Waals surface area (Å²) >= 11 is 2.28. The maximum absolute atomic E-state index is 5.93. The van der Waals surface area contributed by atoms with Gasteiger partial charge in [-0.2, -0.15) is 0 Å². The van der Waals surface area contributed by atoms with Gasteiger partial charge < -0.3 is 15.2 Å². The Balaban J connectivity index is 1.91. The number of halogens is 1. The zero-order chi connectivity index (χ0) is 12.3. The normalized spacial score (nSPS) is 27.6. The molecule has 3 unspecified atom stereocenters. The molecule has 1 aromatic rings. The van der Waals surface area contributed by atoms with E-state index in [9.17, 15) is 0 Å². The number of ether oxygens (including phenoxy) is 2. The fourth-order valence-electron chi connectivity index (χ4n) is 1.93. The number of rotatable bonds is 5. The molecule has 0 bridgehead atoms. The van der Waals surface area contributed by atoms with Crippen LogP contribution in [0.2, 0.25) is 0 Å². The molecule has 0 saturated heterocycles. The van der Waals surface area contributed by atoms with E-state index >= 15 is 0 Å². The Hall–Kier alpha value is -0.330. The largest absolute Gasteiger partial charge is 0.488 e. The predicted molar refractivity (Wildman–Crippen MR) is 76.2 cm³/mol. The van der Waals surface area contributed by atoms with E-state index in [1.54, 1.807) is 0 Å². The summed E-state index contributed by atoms with van der Waals surface area (Å²) in [6.07, 6.45) is 2.04. The molecule has 0 aliphatic heterocycles. The fraction of sp³-hybridized carbons (Fsp3) is 0.538. The number of nitrogens with two attached hydrogens (primary N) is 1. The van der Waals surface area contributed by atoms with Crippen molar-refractivity contribution in [2.45, 2.75) is 38.0 Å². The summed E-state index contributed by atoms with van der Waals surface area (Å²) in [7, 11) is 0. The average Bonchev–Trinajstić information content (AvgIpc) is 2.29. The smallest absolute Gasteiger partial charge is 0.128 e. The highest BCUT2D eigenvalue weighted by Gasteiger charge is 2.41. The molecule has 1 aliphatic rings. The zero-order valence-corrected chi connectivity index (χ0v) is 12.1. The standard InChI is InChI=1S/C13H18INO2/c1-2-6-16-13-11(15)8-12(13)17-10-5-3-4-9(14)7-10/h3-5,7,11-13H,2,6,8,15H2,1H3. The van der Waals surface area contributed by atoms with Crippen LogP contribution in [-0.2, 0) is 4.74 Å². The van der Waals surface area contributed by atoms with E-state index < -0.39 is 0 Å². The summed E-state index contributed by atoms with van der Waals surface area (Å²) in [5, 5.41) is 0. The van der Waals surface area contributed by atoms with Gasteiger partial charge in [-0.3, -0.25) is 0 Å². The summed E-state index contributed by atoms with van der Waals surface area (Å²) in [5.41, 5.74) is 5.93. The van der Waals surface area contributed by atoms with Gasteiger partial charge in [-0.15, -0.1) is 0 Å². The second-order valence-corrected chi connectivity index (χ2v) is 5.59. The molecule has 0 spiro atoms. The van der Waals surface area contributed by atoms with Gasteiger partial charge in [0.25, 0.3) is 0 Å². The first-order valence-corrected chi connectivity index (χ1v) is 7.08. The summed E-state index contributed by atoms with van der Waals surface area (Å²) in [4.78, 5) is 0. The topological polar surface area (TPSA) is 44.5 Å². The molecule has 0 amide bonds. The van der Waals surface area contributed by atoms with E-state index in [4.69, 9.17) is 15.2 Å². The average molecular weight is 347 g/mol. The molecule has 3 atom stereocenters. The monoisotopic (exact) mass is 347 g/mol. The first-order chi connectivity index (χ1) is 8.20. The van der Waals surface area contributed by atoms with Crippen molar-refractivity contribution in [2.24, 2.45) is 5.73 Å². The molecule has 2 N–H and O–H groups in total. The Morgan fingerprint density at radius 3 is 2.94 bits per heavy atom. The van der Waals surface area contributed by atoms with E-state index in [0.717, 1.165) is 25.2 Å². The molecule has 0 aromatic heterocycles. The van der Waals surface area contributed by atoms with Crippen LogP contribution in [0.3, 0.4) is 0 Å². The molecular weight excluding hydrogens is 329 g/mol. The lowest BCUT2D eigenvalue weighted by Crippen LogP contribution is -2.59. The lowest BCUT2D eigenvalue weighted by atomic mass is 9.86. The van der Waals surface area contributed by atoms with Gasteiger partial charge in [0.1, 0.15) is 18.0 Å². The first kappa shape index (κ1) is 13.1. The molecular formula is C13H18INO2. The van der Waals surface area contributed by atoms with Crippen LogP contribution in [0, 0.1) is 3.57 Å². The van der Waals surface area contributed by atoms with Crippen LogP contribution >= 0.6 is 22.6 Å². The van der Waals surface area contributed by atoms with Crippen molar-refractivity contribution in [1.29, 1.82) is 0 Å². The maximum Gasteiger partial charge on any atom is 0.128 e. The van der Waals surface area contributed by atoms with Crippen molar-refractivity contribution >= 4 is 22.6 Å². The molecule has 2 rings (SSSR count). The minimum Gasteiger partial charge on any atom is -0.488 e. The fourth-order valence-corrected chi connectivity index (χ4v) is 2.45. The summed E-state index contributed by atoms with van der Waals surface area (Å²) in [5.74, 6) is 0.902. The highest BCUT2D eigenvalue weighted by molar-refractivity contribution is 14.1. The van der Waals surface area contributed by atoms with Crippen molar-refractivity contribution in [2.75, 3.05) is 6.61 Å². The van der Waals surface area contributed by atoms with Gasteiger partial charge in [0.15, 0.2) is 0 Å². The highest BCUT2D eigenvalue weighted by atomic mass is 127. The van der Waals surface area contributed by atoms with Crippen molar-refractivity contribution in [3.8, 4) is 5.75 Å². The Labute approximate surface area is 116 Å². The molecule has 17 heavy (non-hydrogen) atoms. The lowest BCUT2D eigenvalue weighted by Gasteiger charge is -2.41. The van der Waals surface area contributed by atoms with Crippen molar-refractivity contribution < 1.29 is 9.47 Å². The third-order valence-corrected chi connectivity index (χ3v) is 3.56. The minimum absolute atomic E-state index is 0.0489. The van der Waals surface area contributed by atoms with Crippen LogP contribution in [0.15, 0.2) is 24.3 Å². The SMILES string of the molecule is CCCOC1C(N)CC1Oc1cccc(I)c1. The van der Waals surface area contributed by atoms with Gasteiger partial charge in [-0.25, -0.2) is 0 Å². The Bertz CT molecular complexity index is 372. The number of hydrogen-bond donors (Lipinski definition) is 1. The summed E-state index contributed by atoms with van der Waals surface area (Å²) < 4.78 is 12.8. The lowest BCUT2D eigenvalue weighted by molar-refractivity contribution is -0.0980. The van der Waals surface area contributed by atoms with Gasteiger partial charge in [0, 0.05) is 22.6 Å². The van der Waals surface area contributed by atoms with Crippen molar-refractivity contribution in [3.05, 3.63) is 27.8 Å². The van der Waals surface area contributed by atoms with Gasteiger partial charge in [0.05, 0.1) is 0 Å². The number of benzene rings is 1. The van der Waals surface area contributed by atoms with Crippen LogP contribution in [0.1, 0.15) is 19.8 Å². The van der Waals surface area contributed by atoms with E-state index in [1.807, 2.05) is 24.3 Å². The third kappa shape index (κ3) is 3.33. The van der Waals surface area contributed by atoms with Crippen molar-refractivity contribution in [1.82, 2.24) is 0 Å². The molecule has 0 radical (unpaired) electrons. The summed E-state index contributed by atoms with van der Waals surface area (Å²) in [6.45, 7) is 2.85. The molecule has 1 aliphatic carbocycles. The highest BCUT2D eigenvalue weighted by Crippen LogP contribution is 2.28. The molecule has 1 fully saturated rings. The van der Waals surface area contributed by atoms with Gasteiger partial charge in [-0.05, 0) is 47.2 Å². The second kappa shape index (κ2) is 6.02. The van der Waals surface area contributed by atoms with Crippen LogP contribution < -0.4 is 10.5 Å². The van der Waals surface area contributed by atoms with E-state index in [0.29, 0.717) is 0 Å². The van der Waals surface area contributed by atoms with Crippen LogP contribution in [0.5, 0.6) is 5.75 Å². The molecule has 0 heterocycles. The van der Waals surface area contributed by atoms with Crippen LogP contribution in [0.25, 0.3) is 0 Å². The molecule has 4 heteroatoms. The number of hydrogen-bond acceptors (Lipinski definition) is 3. The second-order valence-electron chi connectivity index (χ2n) is 4.35. The van der Waals surface area contributed by atoms with Gasteiger partial charge in [0.2, 0.25) is 0 Å². The van der Waals surface area contributed by atoms with E-state index in [-0.39, 0.29) is 18.2 Å². The Kier molecular flexibility index (Phi) is 4.64. The molecule has 3 nitrogen and oxygen atoms in total. The third-order valence-electron chi connectivity index (χ3n) is 2.89. The molecule has 1 aromatic carbocycles. The predicted octanol–water partition coefficient (Wildman–Crippen LogP) is 2.56. The Morgan fingerprint density at radius 2 is 2.29 bits per heavy atom. The zero-order valence-electron chi connectivity index (χ0n) is 9.93. The van der Waals surface area contributed by atoms with E-state index in [1.165, 1.54) is 3.57 Å². The van der Waals surface area contributed by atoms with Crippen molar-refractivity contribution in [3.63, 3.8) is 0 Å². The molecule has 1 saturated carbocycles. The Morgan fingerprint density at radius 1 is 1.47 bits per heavy atom. The maximum atomic E-state index is 5.93. The van der Waals surface area contributed by atoms with Crippen LogP contribution in [-0.4, -0.2) is 24.9 Å². The summed E-state index contributed by atoms with van der Waals surface area (Å²) in [6, 6.07) is 8.17. The first-order valence-electron chi connectivity index (χ1n) is 6.00. The minimum atomic E-state index is 0.0489.